The van der Waals surface area contributed by atoms with E-state index in [1.165, 1.54) is 0 Å². The van der Waals surface area contributed by atoms with Gasteiger partial charge in [0.15, 0.2) is 6.10 Å². The van der Waals surface area contributed by atoms with E-state index in [-0.39, 0.29) is 6.10 Å². The monoisotopic (exact) mass is 187 g/mol. The van der Waals surface area contributed by atoms with Crippen molar-refractivity contribution < 1.29 is 14.6 Å². The molecule has 2 N–H and O–H groups in total. The summed E-state index contributed by atoms with van der Waals surface area (Å²) in [4.78, 5) is 10.5. The van der Waals surface area contributed by atoms with Crippen molar-refractivity contribution in [2.24, 2.45) is 0 Å². The Labute approximate surface area is 78.3 Å². The molecule has 1 aliphatic rings. The average Bonchev–Trinajstić information content (AvgIpc) is 2.32. The lowest BCUT2D eigenvalue weighted by molar-refractivity contribution is -0.153. The molecule has 4 nitrogen and oxygen atoms in total. The lowest BCUT2D eigenvalue weighted by Crippen LogP contribution is -2.27. The molecule has 0 spiro atoms. The summed E-state index contributed by atoms with van der Waals surface area (Å²) in [6, 6.07) is 0. The van der Waals surface area contributed by atoms with Gasteiger partial charge in [-0.2, -0.15) is 0 Å². The maximum atomic E-state index is 10.5. The topological polar surface area (TPSA) is 58.6 Å². The van der Waals surface area contributed by atoms with E-state index >= 15 is 0 Å². The van der Waals surface area contributed by atoms with Crippen LogP contribution in [-0.2, 0) is 9.53 Å². The van der Waals surface area contributed by atoms with E-state index in [0.717, 1.165) is 32.4 Å². The molecule has 0 aromatic carbocycles. The Morgan fingerprint density at radius 3 is 3.00 bits per heavy atom. The molecular weight excluding hydrogens is 170 g/mol. The third kappa shape index (κ3) is 3.74. The van der Waals surface area contributed by atoms with Crippen LogP contribution in [0.2, 0.25) is 0 Å². The largest absolute Gasteiger partial charge is 0.479 e. The van der Waals surface area contributed by atoms with Crippen molar-refractivity contribution in [3.05, 3.63) is 0 Å². The first-order valence-electron chi connectivity index (χ1n) is 4.79. The molecule has 2 atom stereocenters. The summed E-state index contributed by atoms with van der Waals surface area (Å²) < 4.78 is 5.39. The van der Waals surface area contributed by atoms with Gasteiger partial charge in [-0.3, -0.25) is 0 Å². The van der Waals surface area contributed by atoms with Crippen LogP contribution in [0.1, 0.15) is 26.2 Å². The minimum atomic E-state index is -0.878. The average molecular weight is 187 g/mol. The van der Waals surface area contributed by atoms with Gasteiger partial charge in [0.2, 0.25) is 0 Å². The third-order valence-electron chi connectivity index (χ3n) is 2.27. The summed E-state index contributed by atoms with van der Waals surface area (Å²) in [5.74, 6) is -0.878. The number of hydrogen-bond acceptors (Lipinski definition) is 3. The molecule has 2 unspecified atom stereocenters. The van der Waals surface area contributed by atoms with E-state index in [4.69, 9.17) is 9.84 Å². The van der Waals surface area contributed by atoms with Gasteiger partial charge in [-0.25, -0.2) is 4.79 Å². The van der Waals surface area contributed by atoms with E-state index in [1.807, 2.05) is 0 Å². The van der Waals surface area contributed by atoms with Crippen LogP contribution in [0, 0.1) is 0 Å². The Morgan fingerprint density at radius 2 is 2.31 bits per heavy atom. The lowest BCUT2D eigenvalue weighted by atomic mass is 10.1. The molecule has 0 amide bonds. The molecule has 4 heteroatoms. The first-order chi connectivity index (χ1) is 6.20. The first kappa shape index (κ1) is 10.5. The highest BCUT2D eigenvalue weighted by molar-refractivity contribution is 5.71. The summed E-state index contributed by atoms with van der Waals surface area (Å²) in [5, 5.41) is 11.9. The van der Waals surface area contributed by atoms with Crippen molar-refractivity contribution in [2.75, 3.05) is 13.1 Å². The van der Waals surface area contributed by atoms with Crippen molar-refractivity contribution in [3.63, 3.8) is 0 Å². The lowest BCUT2D eigenvalue weighted by Gasteiger charge is -2.17. The van der Waals surface area contributed by atoms with Crippen LogP contribution in [0.25, 0.3) is 0 Å². The normalized spacial score (nSPS) is 26.4. The van der Waals surface area contributed by atoms with Crippen LogP contribution in [0.15, 0.2) is 0 Å². The molecule has 0 aliphatic carbocycles. The van der Waals surface area contributed by atoms with Gasteiger partial charge in [0.25, 0.3) is 0 Å². The van der Waals surface area contributed by atoms with Crippen LogP contribution < -0.4 is 5.32 Å². The first-order valence-corrected chi connectivity index (χ1v) is 4.79. The molecule has 76 valence electrons. The number of nitrogens with one attached hydrogen (secondary N) is 1. The van der Waals surface area contributed by atoms with Gasteiger partial charge in [0, 0.05) is 0 Å². The van der Waals surface area contributed by atoms with Crippen molar-refractivity contribution in [3.8, 4) is 0 Å². The van der Waals surface area contributed by atoms with Crippen molar-refractivity contribution in [1.29, 1.82) is 0 Å². The standard InChI is InChI=1S/C9H17NO3/c1-7(9(11)12)13-8-3-2-5-10-6-4-8/h7-8,10H,2-6H2,1H3,(H,11,12). The Morgan fingerprint density at radius 1 is 1.54 bits per heavy atom. The molecular formula is C9H17NO3. The van der Waals surface area contributed by atoms with Gasteiger partial charge in [0.1, 0.15) is 0 Å². The van der Waals surface area contributed by atoms with E-state index in [0.29, 0.717) is 0 Å². The maximum absolute atomic E-state index is 10.5. The number of aliphatic carboxylic acids is 1. The highest BCUT2D eigenvalue weighted by Gasteiger charge is 2.19. The van der Waals surface area contributed by atoms with Crippen molar-refractivity contribution >= 4 is 5.97 Å². The van der Waals surface area contributed by atoms with Crippen molar-refractivity contribution in [2.45, 2.75) is 38.4 Å². The zero-order chi connectivity index (χ0) is 9.68. The Balaban J connectivity index is 2.29. The number of carboxylic acids is 1. The Hall–Kier alpha value is -0.610. The molecule has 1 fully saturated rings. The highest BCUT2D eigenvalue weighted by Crippen LogP contribution is 2.11. The highest BCUT2D eigenvalue weighted by atomic mass is 16.5. The molecule has 1 heterocycles. The van der Waals surface area contributed by atoms with Gasteiger partial charge in [-0.05, 0) is 39.3 Å². The molecule has 13 heavy (non-hydrogen) atoms. The van der Waals surface area contributed by atoms with Crippen LogP contribution in [0.3, 0.4) is 0 Å². The van der Waals surface area contributed by atoms with Gasteiger partial charge in [-0.1, -0.05) is 0 Å². The molecule has 0 bridgehead atoms. The van der Waals surface area contributed by atoms with Gasteiger partial charge >= 0.3 is 5.97 Å². The molecule has 1 aliphatic heterocycles. The molecule has 0 aromatic rings. The summed E-state index contributed by atoms with van der Waals surface area (Å²) in [5.41, 5.74) is 0. The van der Waals surface area contributed by atoms with E-state index in [9.17, 15) is 4.79 Å². The third-order valence-corrected chi connectivity index (χ3v) is 2.27. The molecule has 0 radical (unpaired) electrons. The van der Waals surface area contributed by atoms with Crippen LogP contribution in [-0.4, -0.2) is 36.4 Å². The van der Waals surface area contributed by atoms with Crippen molar-refractivity contribution in [1.82, 2.24) is 5.32 Å². The number of hydrogen-bond donors (Lipinski definition) is 2. The second kappa shape index (κ2) is 5.19. The van der Waals surface area contributed by atoms with E-state index in [1.54, 1.807) is 6.92 Å². The summed E-state index contributed by atoms with van der Waals surface area (Å²) in [7, 11) is 0. The van der Waals surface area contributed by atoms with Gasteiger partial charge in [-0.15, -0.1) is 0 Å². The smallest absolute Gasteiger partial charge is 0.332 e. The maximum Gasteiger partial charge on any atom is 0.332 e. The fourth-order valence-electron chi connectivity index (χ4n) is 1.47. The van der Waals surface area contributed by atoms with Crippen LogP contribution in [0.4, 0.5) is 0 Å². The van der Waals surface area contributed by atoms with E-state index < -0.39 is 12.1 Å². The fraction of sp³-hybridized carbons (Fsp3) is 0.889. The Kier molecular flexibility index (Phi) is 4.18. The molecule has 1 rings (SSSR count). The van der Waals surface area contributed by atoms with Gasteiger partial charge in [0.05, 0.1) is 6.10 Å². The second-order valence-electron chi connectivity index (χ2n) is 3.42. The molecule has 0 aromatic heterocycles. The Bertz CT molecular complexity index is 164. The zero-order valence-corrected chi connectivity index (χ0v) is 7.95. The number of carboxylic acid groups (broad SMARTS) is 1. The van der Waals surface area contributed by atoms with Crippen LogP contribution >= 0.6 is 0 Å². The zero-order valence-electron chi connectivity index (χ0n) is 7.95. The predicted octanol–water partition coefficient (Wildman–Crippen LogP) is 0.618. The fourth-order valence-corrected chi connectivity index (χ4v) is 1.47. The van der Waals surface area contributed by atoms with E-state index in [2.05, 4.69) is 5.32 Å². The number of ether oxygens (including phenoxy) is 1. The number of carbonyl (C=O) groups is 1. The molecule has 0 saturated carbocycles. The van der Waals surface area contributed by atoms with Crippen LogP contribution in [0.5, 0.6) is 0 Å². The predicted molar refractivity (Wildman–Crippen MR) is 48.7 cm³/mol. The SMILES string of the molecule is CC(OC1CCCNCC1)C(=O)O. The number of rotatable bonds is 3. The second-order valence-corrected chi connectivity index (χ2v) is 3.42. The molecule has 1 saturated heterocycles. The summed E-state index contributed by atoms with van der Waals surface area (Å²) in [6.45, 7) is 3.53. The minimum Gasteiger partial charge on any atom is -0.479 e. The quantitative estimate of drug-likeness (QED) is 0.680. The summed E-state index contributed by atoms with van der Waals surface area (Å²) >= 11 is 0. The summed E-state index contributed by atoms with van der Waals surface area (Å²) in [6.07, 6.45) is 2.38. The minimum absolute atomic E-state index is 0.112. The van der Waals surface area contributed by atoms with Gasteiger partial charge < -0.3 is 15.2 Å².